The summed E-state index contributed by atoms with van der Waals surface area (Å²) in [6, 6.07) is 0. The summed E-state index contributed by atoms with van der Waals surface area (Å²) in [6.07, 6.45) is 6.63. The second-order valence-electron chi connectivity index (χ2n) is 7.25. The smallest absolute Gasteiger partial charge is 0.139 e. The van der Waals surface area contributed by atoms with Gasteiger partial charge in [-0.2, -0.15) is 0 Å². The van der Waals surface area contributed by atoms with Gasteiger partial charge >= 0.3 is 0 Å². The third-order valence-corrected chi connectivity index (χ3v) is 4.41. The van der Waals surface area contributed by atoms with Crippen molar-refractivity contribution >= 4 is 5.78 Å². The molecule has 0 aromatic carbocycles. The van der Waals surface area contributed by atoms with E-state index in [9.17, 15) is 4.79 Å². The normalized spacial score (nSPS) is 26.4. The van der Waals surface area contributed by atoms with Gasteiger partial charge in [-0.05, 0) is 44.2 Å². The molecule has 2 heteroatoms. The van der Waals surface area contributed by atoms with Crippen molar-refractivity contribution in [2.24, 2.45) is 10.8 Å². The van der Waals surface area contributed by atoms with E-state index in [2.05, 4.69) is 25.7 Å². The highest BCUT2D eigenvalue weighted by molar-refractivity contribution is 5.85. The Morgan fingerprint density at radius 3 is 2.29 bits per heavy atom. The van der Waals surface area contributed by atoms with E-state index >= 15 is 0 Å². The second kappa shape index (κ2) is 4.72. The van der Waals surface area contributed by atoms with Crippen molar-refractivity contribution in [3.05, 3.63) is 0 Å². The van der Waals surface area contributed by atoms with E-state index in [4.69, 9.17) is 0 Å². The standard InChI is InChI=1S/C15H27NO/c1-14(2,3)12-16-10-8-15(9-11-16)7-5-4-6-13(15)17/h4-12H2,1-3H3. The maximum Gasteiger partial charge on any atom is 0.139 e. The van der Waals surface area contributed by atoms with Crippen LogP contribution in [-0.2, 0) is 4.79 Å². The van der Waals surface area contributed by atoms with Gasteiger partial charge in [0.2, 0.25) is 0 Å². The number of ketones is 1. The lowest BCUT2D eigenvalue weighted by Gasteiger charge is -2.44. The Morgan fingerprint density at radius 1 is 1.12 bits per heavy atom. The number of hydrogen-bond acceptors (Lipinski definition) is 2. The molecule has 1 spiro atoms. The first-order valence-corrected chi connectivity index (χ1v) is 7.17. The predicted octanol–water partition coefficient (Wildman–Crippen LogP) is 3.26. The summed E-state index contributed by atoms with van der Waals surface area (Å²) < 4.78 is 0. The quantitative estimate of drug-likeness (QED) is 0.697. The average molecular weight is 237 g/mol. The minimum Gasteiger partial charge on any atom is -0.303 e. The molecule has 2 aliphatic rings. The van der Waals surface area contributed by atoms with Crippen molar-refractivity contribution in [1.82, 2.24) is 4.90 Å². The third-order valence-electron chi connectivity index (χ3n) is 4.41. The Balaban J connectivity index is 1.91. The maximum absolute atomic E-state index is 12.1. The summed E-state index contributed by atoms with van der Waals surface area (Å²) in [6.45, 7) is 10.3. The first kappa shape index (κ1) is 13.1. The van der Waals surface area contributed by atoms with Crippen LogP contribution in [0.4, 0.5) is 0 Å². The molecule has 98 valence electrons. The third kappa shape index (κ3) is 3.09. The molecule has 1 saturated carbocycles. The monoisotopic (exact) mass is 237 g/mol. The predicted molar refractivity (Wildman–Crippen MR) is 71.0 cm³/mol. The van der Waals surface area contributed by atoms with Gasteiger partial charge in [0.05, 0.1) is 0 Å². The number of likely N-dealkylation sites (tertiary alicyclic amines) is 1. The van der Waals surface area contributed by atoms with Crippen LogP contribution in [0.15, 0.2) is 0 Å². The molecule has 0 bridgehead atoms. The van der Waals surface area contributed by atoms with Crippen LogP contribution in [0.25, 0.3) is 0 Å². The minimum absolute atomic E-state index is 0.0899. The van der Waals surface area contributed by atoms with Crippen LogP contribution >= 0.6 is 0 Å². The van der Waals surface area contributed by atoms with Crippen LogP contribution in [0.3, 0.4) is 0 Å². The second-order valence-corrected chi connectivity index (χ2v) is 7.25. The Labute approximate surface area is 106 Å². The fourth-order valence-electron chi connectivity index (χ4n) is 3.49. The van der Waals surface area contributed by atoms with Gasteiger partial charge in [-0.25, -0.2) is 0 Å². The van der Waals surface area contributed by atoms with Crippen molar-refractivity contribution in [2.75, 3.05) is 19.6 Å². The molecule has 1 aliphatic heterocycles. The van der Waals surface area contributed by atoms with E-state index in [1.54, 1.807) is 0 Å². The Morgan fingerprint density at radius 2 is 1.76 bits per heavy atom. The van der Waals surface area contributed by atoms with Crippen LogP contribution in [-0.4, -0.2) is 30.3 Å². The maximum atomic E-state index is 12.1. The molecule has 17 heavy (non-hydrogen) atoms. The molecular weight excluding hydrogens is 210 g/mol. The van der Waals surface area contributed by atoms with Gasteiger partial charge in [-0.1, -0.05) is 27.2 Å². The van der Waals surface area contributed by atoms with Crippen LogP contribution < -0.4 is 0 Å². The first-order chi connectivity index (χ1) is 7.91. The number of rotatable bonds is 1. The number of hydrogen-bond donors (Lipinski definition) is 0. The van der Waals surface area contributed by atoms with Crippen LogP contribution in [0.5, 0.6) is 0 Å². The van der Waals surface area contributed by atoms with Crippen molar-refractivity contribution in [3.8, 4) is 0 Å². The number of carbonyl (C=O) groups excluding carboxylic acids is 1. The van der Waals surface area contributed by atoms with Gasteiger partial charge in [0.15, 0.2) is 0 Å². The average Bonchev–Trinajstić information content (AvgIpc) is 2.24. The van der Waals surface area contributed by atoms with Crippen molar-refractivity contribution in [2.45, 2.75) is 59.3 Å². The summed E-state index contributed by atoms with van der Waals surface area (Å²) in [5.74, 6) is 0.569. The number of piperidine rings is 1. The van der Waals surface area contributed by atoms with Gasteiger partial charge < -0.3 is 4.90 Å². The van der Waals surface area contributed by atoms with Gasteiger partial charge in [0.1, 0.15) is 5.78 Å². The lowest BCUT2D eigenvalue weighted by Crippen LogP contribution is -2.47. The molecule has 0 amide bonds. The summed E-state index contributed by atoms with van der Waals surface area (Å²) in [7, 11) is 0. The zero-order valence-electron chi connectivity index (χ0n) is 11.7. The molecule has 2 fully saturated rings. The molecule has 0 N–H and O–H groups in total. The number of carbonyl (C=O) groups is 1. The van der Waals surface area contributed by atoms with E-state index in [1.807, 2.05) is 0 Å². The van der Waals surface area contributed by atoms with Gasteiger partial charge in [0.25, 0.3) is 0 Å². The molecule has 2 rings (SSSR count). The van der Waals surface area contributed by atoms with E-state index in [0.29, 0.717) is 11.2 Å². The van der Waals surface area contributed by atoms with Crippen LogP contribution in [0, 0.1) is 10.8 Å². The molecule has 1 heterocycles. The topological polar surface area (TPSA) is 20.3 Å². The van der Waals surface area contributed by atoms with E-state index in [1.165, 1.54) is 6.42 Å². The summed E-state index contributed by atoms with van der Waals surface area (Å²) in [4.78, 5) is 14.7. The molecular formula is C15H27NO. The molecule has 0 aromatic rings. The van der Waals surface area contributed by atoms with E-state index in [-0.39, 0.29) is 5.41 Å². The molecule has 0 radical (unpaired) electrons. The van der Waals surface area contributed by atoms with Gasteiger partial charge in [-0.3, -0.25) is 4.79 Å². The highest BCUT2D eigenvalue weighted by Gasteiger charge is 2.42. The SMILES string of the molecule is CC(C)(C)CN1CCC2(CCCCC2=O)CC1. The molecule has 0 aromatic heterocycles. The lowest BCUT2D eigenvalue weighted by atomic mass is 9.67. The Kier molecular flexibility index (Phi) is 3.63. The first-order valence-electron chi connectivity index (χ1n) is 7.17. The molecule has 1 aliphatic carbocycles. The zero-order valence-corrected chi connectivity index (χ0v) is 11.7. The fourth-order valence-corrected chi connectivity index (χ4v) is 3.49. The number of nitrogens with zero attached hydrogens (tertiary/aromatic N) is 1. The lowest BCUT2D eigenvalue weighted by molar-refractivity contribution is -0.134. The van der Waals surface area contributed by atoms with Crippen molar-refractivity contribution in [3.63, 3.8) is 0 Å². The highest BCUT2D eigenvalue weighted by atomic mass is 16.1. The van der Waals surface area contributed by atoms with Crippen molar-refractivity contribution < 1.29 is 4.79 Å². The Hall–Kier alpha value is -0.370. The van der Waals surface area contributed by atoms with Gasteiger partial charge in [-0.15, -0.1) is 0 Å². The molecule has 1 saturated heterocycles. The van der Waals surface area contributed by atoms with Crippen LogP contribution in [0.2, 0.25) is 0 Å². The molecule has 0 atom stereocenters. The Bertz CT molecular complexity index is 282. The largest absolute Gasteiger partial charge is 0.303 e. The zero-order chi connectivity index (χ0) is 12.5. The molecule has 0 unspecified atom stereocenters. The fraction of sp³-hybridized carbons (Fsp3) is 0.933. The van der Waals surface area contributed by atoms with E-state index in [0.717, 1.165) is 51.7 Å². The van der Waals surface area contributed by atoms with Crippen LogP contribution in [0.1, 0.15) is 59.3 Å². The number of Topliss-reactive ketones (excluding diaryl/α,β-unsaturated/α-hetero) is 1. The summed E-state index contributed by atoms with van der Waals surface area (Å²) in [5, 5.41) is 0. The highest BCUT2D eigenvalue weighted by Crippen LogP contribution is 2.42. The summed E-state index contributed by atoms with van der Waals surface area (Å²) >= 11 is 0. The van der Waals surface area contributed by atoms with Crippen molar-refractivity contribution in [1.29, 1.82) is 0 Å². The minimum atomic E-state index is 0.0899. The summed E-state index contributed by atoms with van der Waals surface area (Å²) in [5.41, 5.74) is 0.466. The van der Waals surface area contributed by atoms with E-state index < -0.39 is 0 Å². The molecule has 2 nitrogen and oxygen atoms in total. The van der Waals surface area contributed by atoms with Gasteiger partial charge in [0, 0.05) is 18.4 Å².